The zero-order valence-electron chi connectivity index (χ0n) is 12.1. The Morgan fingerprint density at radius 1 is 1.35 bits per heavy atom. The van der Waals surface area contributed by atoms with Gasteiger partial charge in [-0.05, 0) is 49.3 Å². The van der Waals surface area contributed by atoms with E-state index in [0.717, 1.165) is 19.4 Å². The average molecular weight is 276 g/mol. The van der Waals surface area contributed by atoms with Crippen LogP contribution < -0.4 is 5.32 Å². The van der Waals surface area contributed by atoms with Gasteiger partial charge < -0.3 is 15.3 Å². The van der Waals surface area contributed by atoms with Crippen molar-refractivity contribution in [3.63, 3.8) is 0 Å². The van der Waals surface area contributed by atoms with Crippen LogP contribution in [0.5, 0.6) is 5.75 Å². The van der Waals surface area contributed by atoms with E-state index >= 15 is 0 Å². The highest BCUT2D eigenvalue weighted by atomic mass is 16.3. The molecular weight excluding hydrogens is 252 g/mol. The van der Waals surface area contributed by atoms with Gasteiger partial charge in [0.15, 0.2) is 0 Å². The fourth-order valence-electron chi connectivity index (χ4n) is 2.43. The van der Waals surface area contributed by atoms with Crippen molar-refractivity contribution in [1.29, 1.82) is 0 Å². The summed E-state index contributed by atoms with van der Waals surface area (Å²) < 4.78 is 0. The molecule has 4 heteroatoms. The Morgan fingerprint density at radius 2 is 2.05 bits per heavy atom. The number of amides is 2. The van der Waals surface area contributed by atoms with Gasteiger partial charge in [0.05, 0.1) is 0 Å². The Balaban J connectivity index is 1.59. The van der Waals surface area contributed by atoms with Crippen molar-refractivity contribution in [2.45, 2.75) is 32.1 Å². The zero-order chi connectivity index (χ0) is 14.4. The minimum Gasteiger partial charge on any atom is -0.508 e. The summed E-state index contributed by atoms with van der Waals surface area (Å²) in [4.78, 5) is 13.7. The first-order valence-corrected chi connectivity index (χ1v) is 7.42. The number of carbonyl (C=O) groups excluding carboxylic acids is 1. The topological polar surface area (TPSA) is 52.6 Å². The van der Waals surface area contributed by atoms with Gasteiger partial charge in [0.2, 0.25) is 0 Å². The van der Waals surface area contributed by atoms with E-state index in [4.69, 9.17) is 0 Å². The molecule has 0 saturated heterocycles. The quantitative estimate of drug-likeness (QED) is 0.785. The Bertz CT molecular complexity index is 427. The number of aromatic hydroxyl groups is 1. The highest BCUT2D eigenvalue weighted by Crippen LogP contribution is 2.26. The second-order valence-corrected chi connectivity index (χ2v) is 5.68. The van der Waals surface area contributed by atoms with Crippen molar-refractivity contribution in [1.82, 2.24) is 10.2 Å². The predicted molar refractivity (Wildman–Crippen MR) is 79.8 cm³/mol. The van der Waals surface area contributed by atoms with Crippen LogP contribution in [0, 0.1) is 5.92 Å². The maximum atomic E-state index is 11.9. The summed E-state index contributed by atoms with van der Waals surface area (Å²) in [6.45, 7) is 1.57. The van der Waals surface area contributed by atoms with Crippen molar-refractivity contribution >= 4 is 6.03 Å². The summed E-state index contributed by atoms with van der Waals surface area (Å²) in [5, 5.41) is 12.2. The van der Waals surface area contributed by atoms with Crippen LogP contribution in [0.2, 0.25) is 0 Å². The van der Waals surface area contributed by atoms with E-state index in [1.165, 1.54) is 24.8 Å². The van der Waals surface area contributed by atoms with Gasteiger partial charge in [-0.1, -0.05) is 18.6 Å². The van der Waals surface area contributed by atoms with Crippen LogP contribution in [0.15, 0.2) is 24.3 Å². The largest absolute Gasteiger partial charge is 0.508 e. The first kappa shape index (κ1) is 14.7. The highest BCUT2D eigenvalue weighted by molar-refractivity contribution is 5.73. The van der Waals surface area contributed by atoms with Crippen LogP contribution in [0.25, 0.3) is 0 Å². The van der Waals surface area contributed by atoms with Gasteiger partial charge in [-0.3, -0.25) is 0 Å². The number of benzene rings is 1. The van der Waals surface area contributed by atoms with Crippen molar-refractivity contribution in [3.05, 3.63) is 29.8 Å². The van der Waals surface area contributed by atoms with Crippen LogP contribution in [0.1, 0.15) is 31.2 Å². The summed E-state index contributed by atoms with van der Waals surface area (Å²) >= 11 is 0. The molecule has 2 N–H and O–H groups in total. The molecule has 4 nitrogen and oxygen atoms in total. The van der Waals surface area contributed by atoms with Gasteiger partial charge in [-0.2, -0.15) is 0 Å². The lowest BCUT2D eigenvalue weighted by Gasteiger charge is -2.30. The standard InChI is InChI=1S/C16H24N2O2/c1-18(12-14-4-2-5-14)16(20)17-11-3-6-13-7-9-15(19)10-8-13/h7-10,14,19H,2-6,11-12H2,1H3,(H,17,20). The maximum absolute atomic E-state index is 11.9. The fourth-order valence-corrected chi connectivity index (χ4v) is 2.43. The molecule has 2 amide bonds. The number of rotatable bonds is 6. The molecule has 20 heavy (non-hydrogen) atoms. The Kier molecular flexibility index (Phi) is 5.27. The van der Waals surface area contributed by atoms with Crippen LogP contribution in [-0.4, -0.2) is 36.2 Å². The molecule has 0 spiro atoms. The molecule has 0 unspecified atom stereocenters. The number of phenols is 1. The van der Waals surface area contributed by atoms with Crippen LogP contribution >= 0.6 is 0 Å². The molecule has 0 aromatic heterocycles. The van der Waals surface area contributed by atoms with Gasteiger partial charge >= 0.3 is 6.03 Å². The number of nitrogens with one attached hydrogen (secondary N) is 1. The fraction of sp³-hybridized carbons (Fsp3) is 0.562. The minimum absolute atomic E-state index is 0.0302. The van der Waals surface area contributed by atoms with E-state index in [0.29, 0.717) is 18.2 Å². The van der Waals surface area contributed by atoms with Gasteiger partial charge in [0.25, 0.3) is 0 Å². The van der Waals surface area contributed by atoms with E-state index in [1.807, 2.05) is 19.2 Å². The number of urea groups is 1. The third kappa shape index (κ3) is 4.44. The summed E-state index contributed by atoms with van der Waals surface area (Å²) in [5.41, 5.74) is 1.18. The van der Waals surface area contributed by atoms with E-state index in [2.05, 4.69) is 5.32 Å². The summed E-state index contributed by atoms with van der Waals surface area (Å²) in [6.07, 6.45) is 5.66. The molecule has 1 saturated carbocycles. The Hall–Kier alpha value is -1.71. The molecule has 0 bridgehead atoms. The molecule has 1 aromatic carbocycles. The van der Waals surface area contributed by atoms with Crippen LogP contribution in [-0.2, 0) is 6.42 Å². The van der Waals surface area contributed by atoms with Gasteiger partial charge in [0, 0.05) is 20.1 Å². The molecular formula is C16H24N2O2. The molecule has 1 fully saturated rings. The molecule has 1 aliphatic rings. The number of hydrogen-bond acceptors (Lipinski definition) is 2. The lowest BCUT2D eigenvalue weighted by Crippen LogP contribution is -2.41. The molecule has 1 aliphatic carbocycles. The second kappa shape index (κ2) is 7.17. The van der Waals surface area contributed by atoms with Gasteiger partial charge in [-0.15, -0.1) is 0 Å². The smallest absolute Gasteiger partial charge is 0.317 e. The van der Waals surface area contributed by atoms with E-state index in [9.17, 15) is 9.90 Å². The number of nitrogens with zero attached hydrogens (tertiary/aromatic N) is 1. The van der Waals surface area contributed by atoms with Crippen LogP contribution in [0.3, 0.4) is 0 Å². The molecule has 1 aromatic rings. The second-order valence-electron chi connectivity index (χ2n) is 5.68. The van der Waals surface area contributed by atoms with Crippen molar-refractivity contribution < 1.29 is 9.90 Å². The zero-order valence-corrected chi connectivity index (χ0v) is 12.1. The monoisotopic (exact) mass is 276 g/mol. The van der Waals surface area contributed by atoms with Gasteiger partial charge in [-0.25, -0.2) is 4.79 Å². The molecule has 0 aliphatic heterocycles. The first-order valence-electron chi connectivity index (χ1n) is 7.42. The Morgan fingerprint density at radius 3 is 2.65 bits per heavy atom. The third-order valence-electron chi connectivity index (χ3n) is 3.96. The first-order chi connectivity index (χ1) is 9.65. The average Bonchev–Trinajstić information content (AvgIpc) is 2.40. The Labute approximate surface area is 120 Å². The highest BCUT2D eigenvalue weighted by Gasteiger charge is 2.20. The SMILES string of the molecule is CN(CC1CCC1)C(=O)NCCCc1ccc(O)cc1. The van der Waals surface area contributed by atoms with E-state index in [1.54, 1.807) is 17.0 Å². The molecule has 2 rings (SSSR count). The normalized spacial score (nSPS) is 14.7. The number of hydrogen-bond donors (Lipinski definition) is 2. The molecule has 110 valence electrons. The minimum atomic E-state index is 0.0302. The third-order valence-corrected chi connectivity index (χ3v) is 3.96. The lowest BCUT2D eigenvalue weighted by molar-refractivity contribution is 0.182. The number of phenolic OH excluding ortho intramolecular Hbond substituents is 1. The summed E-state index contributed by atoms with van der Waals surface area (Å²) in [7, 11) is 1.87. The van der Waals surface area contributed by atoms with E-state index in [-0.39, 0.29) is 6.03 Å². The van der Waals surface area contributed by atoms with Crippen molar-refractivity contribution in [2.24, 2.45) is 5.92 Å². The maximum Gasteiger partial charge on any atom is 0.317 e. The van der Waals surface area contributed by atoms with Crippen molar-refractivity contribution in [2.75, 3.05) is 20.1 Å². The summed E-state index contributed by atoms with van der Waals surface area (Å²) in [5.74, 6) is 1.00. The van der Waals surface area contributed by atoms with Crippen LogP contribution in [0.4, 0.5) is 4.79 Å². The number of carbonyl (C=O) groups is 1. The molecule has 0 atom stereocenters. The molecule has 0 heterocycles. The van der Waals surface area contributed by atoms with Crippen molar-refractivity contribution in [3.8, 4) is 5.75 Å². The summed E-state index contributed by atoms with van der Waals surface area (Å²) in [6, 6.07) is 7.25. The number of aryl methyl sites for hydroxylation is 1. The molecule has 0 radical (unpaired) electrons. The lowest BCUT2D eigenvalue weighted by atomic mass is 9.85. The predicted octanol–water partition coefficient (Wildman–Crippen LogP) is 2.77. The van der Waals surface area contributed by atoms with E-state index < -0.39 is 0 Å². The van der Waals surface area contributed by atoms with Gasteiger partial charge in [0.1, 0.15) is 5.75 Å².